The number of hydrogen-bond donors (Lipinski definition) is 1. The van der Waals surface area contributed by atoms with Crippen molar-refractivity contribution in [1.82, 2.24) is 14.5 Å². The van der Waals surface area contributed by atoms with E-state index in [4.69, 9.17) is 14.9 Å². The number of benzene rings is 1. The molecule has 3 heterocycles. The number of ether oxygens (including phenoxy) is 1. The predicted octanol–water partition coefficient (Wildman–Crippen LogP) is 3.04. The number of methoxy groups -OCH3 is 1. The minimum atomic E-state index is -0.472. The molecule has 0 amide bonds. The molecule has 0 aliphatic heterocycles. The number of fused-ring (bicyclic) bond motifs is 2. The van der Waals surface area contributed by atoms with E-state index in [1.165, 1.54) is 11.7 Å². The van der Waals surface area contributed by atoms with E-state index in [1.807, 2.05) is 30.3 Å². The molecule has 0 aliphatic carbocycles. The Hall–Kier alpha value is -3.35. The van der Waals surface area contributed by atoms with E-state index in [0.717, 1.165) is 16.5 Å². The first-order chi connectivity index (χ1) is 11.2. The van der Waals surface area contributed by atoms with Crippen molar-refractivity contribution in [3.05, 3.63) is 42.7 Å². The van der Waals surface area contributed by atoms with Crippen molar-refractivity contribution < 1.29 is 13.9 Å². The zero-order valence-electron chi connectivity index (χ0n) is 12.2. The lowest BCUT2D eigenvalue weighted by atomic mass is 10.1. The van der Waals surface area contributed by atoms with Crippen LogP contribution >= 0.6 is 0 Å². The van der Waals surface area contributed by atoms with Crippen LogP contribution in [0.1, 0.15) is 0 Å². The highest BCUT2D eigenvalue weighted by Crippen LogP contribution is 2.27. The summed E-state index contributed by atoms with van der Waals surface area (Å²) in [5.41, 5.74) is 9.28. The molecular formula is C16H12N4O3. The summed E-state index contributed by atoms with van der Waals surface area (Å²) in [6.45, 7) is 0. The Balaban J connectivity index is 1.82. The maximum Gasteiger partial charge on any atom is 0.419 e. The van der Waals surface area contributed by atoms with Crippen LogP contribution in [0.25, 0.3) is 33.3 Å². The lowest BCUT2D eigenvalue weighted by Gasteiger charge is -2.03. The summed E-state index contributed by atoms with van der Waals surface area (Å²) < 4.78 is 11.4. The first kappa shape index (κ1) is 13.3. The highest BCUT2D eigenvalue weighted by atomic mass is 16.5. The first-order valence-electron chi connectivity index (χ1n) is 6.87. The van der Waals surface area contributed by atoms with Crippen molar-refractivity contribution in [3.8, 4) is 11.1 Å². The summed E-state index contributed by atoms with van der Waals surface area (Å²) in [7, 11) is 1.33. The first-order valence-corrected chi connectivity index (χ1v) is 6.87. The van der Waals surface area contributed by atoms with Crippen LogP contribution in [0.5, 0.6) is 0 Å². The number of nitrogens with zero attached hydrogens (tertiary/aromatic N) is 3. The van der Waals surface area contributed by atoms with Crippen LogP contribution < -0.4 is 5.73 Å². The molecule has 1 aromatic carbocycles. The Morgan fingerprint density at radius 2 is 2.13 bits per heavy atom. The van der Waals surface area contributed by atoms with Gasteiger partial charge in [0.25, 0.3) is 6.01 Å². The third-order valence-electron chi connectivity index (χ3n) is 3.64. The van der Waals surface area contributed by atoms with Gasteiger partial charge in [-0.3, -0.25) is 0 Å². The summed E-state index contributed by atoms with van der Waals surface area (Å²) in [5.74, 6) is 0. The van der Waals surface area contributed by atoms with Crippen molar-refractivity contribution in [3.63, 3.8) is 0 Å². The quantitative estimate of drug-likeness (QED) is 0.580. The van der Waals surface area contributed by atoms with Gasteiger partial charge in [0.1, 0.15) is 11.2 Å². The molecule has 3 aromatic heterocycles. The van der Waals surface area contributed by atoms with Crippen LogP contribution in [0.15, 0.2) is 47.1 Å². The average Bonchev–Trinajstić information content (AvgIpc) is 3.14. The minimum absolute atomic E-state index is 0.140. The molecule has 23 heavy (non-hydrogen) atoms. The number of hydrogen-bond acceptors (Lipinski definition) is 6. The van der Waals surface area contributed by atoms with Gasteiger partial charge in [-0.15, -0.1) is 0 Å². The molecule has 4 aromatic rings. The fraction of sp³-hybridized carbons (Fsp3) is 0.0625. The normalized spacial score (nSPS) is 11.2. The standard InChI is InChI=1S/C16H12N4O3/c1-22-16(21)20-5-4-10-6-11(8-18-14(10)20)9-2-3-13-12(7-9)19-15(17)23-13/h2-8H,1H3,(H2,17,19). The van der Waals surface area contributed by atoms with E-state index in [1.54, 1.807) is 12.4 Å². The van der Waals surface area contributed by atoms with Gasteiger partial charge in [-0.05, 0) is 29.8 Å². The van der Waals surface area contributed by atoms with Gasteiger partial charge in [0.2, 0.25) is 0 Å². The topological polar surface area (TPSA) is 96.2 Å². The summed E-state index contributed by atoms with van der Waals surface area (Å²) in [6.07, 6.45) is 2.86. The third-order valence-corrected chi connectivity index (χ3v) is 3.64. The Bertz CT molecular complexity index is 1050. The Kier molecular flexibility index (Phi) is 2.80. The number of pyridine rings is 1. The summed E-state index contributed by atoms with van der Waals surface area (Å²) in [6, 6.07) is 9.52. The molecule has 0 atom stereocenters. The number of carbonyl (C=O) groups excluding carboxylic acids is 1. The molecule has 0 radical (unpaired) electrons. The molecule has 0 spiro atoms. The highest BCUT2D eigenvalue weighted by molar-refractivity contribution is 5.90. The van der Waals surface area contributed by atoms with Crippen molar-refractivity contribution in [2.45, 2.75) is 0 Å². The average molecular weight is 308 g/mol. The molecule has 0 bridgehead atoms. The molecular weight excluding hydrogens is 296 g/mol. The fourth-order valence-corrected chi connectivity index (χ4v) is 2.55. The van der Waals surface area contributed by atoms with E-state index in [-0.39, 0.29) is 6.01 Å². The van der Waals surface area contributed by atoms with Crippen molar-refractivity contribution in [2.24, 2.45) is 0 Å². The largest absolute Gasteiger partial charge is 0.452 e. The smallest absolute Gasteiger partial charge is 0.419 e. The van der Waals surface area contributed by atoms with Gasteiger partial charge in [0.05, 0.1) is 7.11 Å². The molecule has 0 saturated heterocycles. The highest BCUT2D eigenvalue weighted by Gasteiger charge is 2.11. The van der Waals surface area contributed by atoms with Gasteiger partial charge < -0.3 is 14.9 Å². The molecule has 0 saturated carbocycles. The number of oxazole rings is 1. The molecule has 7 heteroatoms. The van der Waals surface area contributed by atoms with E-state index in [2.05, 4.69) is 9.97 Å². The monoisotopic (exact) mass is 308 g/mol. The van der Waals surface area contributed by atoms with Gasteiger partial charge >= 0.3 is 6.09 Å². The van der Waals surface area contributed by atoms with E-state index < -0.39 is 6.09 Å². The maximum absolute atomic E-state index is 11.7. The number of nitrogen functional groups attached to an aromatic ring is 1. The van der Waals surface area contributed by atoms with Crippen LogP contribution in [0.3, 0.4) is 0 Å². The van der Waals surface area contributed by atoms with E-state index in [9.17, 15) is 4.79 Å². The number of aromatic nitrogens is 3. The second-order valence-corrected chi connectivity index (χ2v) is 5.03. The fourth-order valence-electron chi connectivity index (χ4n) is 2.55. The van der Waals surface area contributed by atoms with Gasteiger partial charge in [-0.25, -0.2) is 14.3 Å². The molecule has 0 aliphatic rings. The van der Waals surface area contributed by atoms with Crippen LogP contribution in [0.2, 0.25) is 0 Å². The lowest BCUT2D eigenvalue weighted by molar-refractivity contribution is 0.174. The van der Waals surface area contributed by atoms with E-state index >= 15 is 0 Å². The van der Waals surface area contributed by atoms with Crippen molar-refractivity contribution in [2.75, 3.05) is 12.8 Å². The molecule has 0 fully saturated rings. The zero-order chi connectivity index (χ0) is 16.0. The SMILES string of the molecule is COC(=O)n1ccc2cc(-c3ccc4oc(N)nc4c3)cnc21. The van der Waals surface area contributed by atoms with Crippen LogP contribution in [-0.4, -0.2) is 27.7 Å². The number of anilines is 1. The molecule has 0 unspecified atom stereocenters. The Morgan fingerprint density at radius 1 is 1.26 bits per heavy atom. The molecule has 2 N–H and O–H groups in total. The van der Waals surface area contributed by atoms with Crippen LogP contribution in [0, 0.1) is 0 Å². The van der Waals surface area contributed by atoms with Gasteiger partial charge in [-0.2, -0.15) is 4.98 Å². The molecule has 114 valence electrons. The second kappa shape index (κ2) is 4.84. The second-order valence-electron chi connectivity index (χ2n) is 5.03. The van der Waals surface area contributed by atoms with Crippen LogP contribution in [0.4, 0.5) is 10.8 Å². The summed E-state index contributed by atoms with van der Waals surface area (Å²) in [5, 5.41) is 0.840. The zero-order valence-corrected chi connectivity index (χ0v) is 12.2. The maximum atomic E-state index is 11.7. The summed E-state index contributed by atoms with van der Waals surface area (Å²) >= 11 is 0. The van der Waals surface area contributed by atoms with Gasteiger partial charge in [0, 0.05) is 23.3 Å². The number of nitrogens with two attached hydrogens (primary N) is 1. The Morgan fingerprint density at radius 3 is 2.96 bits per heavy atom. The van der Waals surface area contributed by atoms with Gasteiger partial charge in [0.15, 0.2) is 5.58 Å². The van der Waals surface area contributed by atoms with Gasteiger partial charge in [-0.1, -0.05) is 6.07 Å². The van der Waals surface area contributed by atoms with Crippen molar-refractivity contribution >= 4 is 34.2 Å². The number of carbonyl (C=O) groups is 1. The van der Waals surface area contributed by atoms with E-state index in [0.29, 0.717) is 16.7 Å². The lowest BCUT2D eigenvalue weighted by Crippen LogP contribution is -2.10. The molecule has 7 nitrogen and oxygen atoms in total. The molecule has 4 rings (SSSR count). The van der Waals surface area contributed by atoms with Crippen molar-refractivity contribution in [1.29, 1.82) is 0 Å². The van der Waals surface area contributed by atoms with Crippen LogP contribution in [-0.2, 0) is 4.74 Å². The minimum Gasteiger partial charge on any atom is -0.452 e. The predicted molar refractivity (Wildman–Crippen MR) is 85.0 cm³/mol. The summed E-state index contributed by atoms with van der Waals surface area (Å²) in [4.78, 5) is 20.2. The number of rotatable bonds is 1. The Labute approximate surface area is 130 Å². The third kappa shape index (κ3) is 2.10.